The van der Waals surface area contributed by atoms with Gasteiger partial charge in [0, 0.05) is 6.20 Å². The number of aromatic nitrogens is 3. The van der Waals surface area contributed by atoms with E-state index in [1.54, 1.807) is 27.0 Å². The Morgan fingerprint density at radius 2 is 2.17 bits per heavy atom. The molecule has 0 bridgehead atoms. The molecule has 1 unspecified atom stereocenters. The molecule has 0 saturated carbocycles. The summed E-state index contributed by atoms with van der Waals surface area (Å²) in [6, 6.07) is -0.901. The van der Waals surface area contributed by atoms with Crippen molar-refractivity contribution in [2.75, 3.05) is 0 Å². The van der Waals surface area contributed by atoms with Crippen LogP contribution < -0.4 is 11.1 Å². The molecule has 0 fully saturated rings. The van der Waals surface area contributed by atoms with Crippen molar-refractivity contribution in [2.45, 2.75) is 39.0 Å². The van der Waals surface area contributed by atoms with Gasteiger partial charge in [-0.2, -0.15) is 0 Å². The van der Waals surface area contributed by atoms with Crippen molar-refractivity contribution in [3.05, 3.63) is 12.4 Å². The van der Waals surface area contributed by atoms with Gasteiger partial charge >= 0.3 is 6.09 Å². The third kappa shape index (κ3) is 4.81. The second-order valence-corrected chi connectivity index (χ2v) is 4.73. The third-order valence-electron chi connectivity index (χ3n) is 1.88. The zero-order valence-corrected chi connectivity index (χ0v) is 10.6. The number of nitrogens with one attached hydrogen (secondary N) is 1. The first-order chi connectivity index (χ1) is 8.28. The van der Waals surface area contributed by atoms with Gasteiger partial charge in [0.15, 0.2) is 0 Å². The maximum Gasteiger partial charge on any atom is 0.408 e. The fourth-order valence-electron chi connectivity index (χ4n) is 1.17. The number of carbonyl (C=O) groups is 2. The van der Waals surface area contributed by atoms with Gasteiger partial charge in [-0.3, -0.25) is 4.79 Å². The molecular weight excluding hydrogens is 238 g/mol. The third-order valence-corrected chi connectivity index (χ3v) is 1.88. The highest BCUT2D eigenvalue weighted by molar-refractivity contribution is 5.84. The summed E-state index contributed by atoms with van der Waals surface area (Å²) in [5, 5.41) is 9.66. The van der Waals surface area contributed by atoms with Crippen LogP contribution in [0.3, 0.4) is 0 Å². The van der Waals surface area contributed by atoms with Crippen LogP contribution in [0.5, 0.6) is 0 Å². The monoisotopic (exact) mass is 255 g/mol. The fraction of sp³-hybridized carbons (Fsp3) is 0.600. The lowest BCUT2D eigenvalue weighted by Crippen LogP contribution is -2.48. The Kier molecular flexibility index (Phi) is 4.24. The SMILES string of the molecule is CC(C)(C)OC(=O)NC(Cn1ccnn1)C(N)=O. The number of primary amides is 1. The summed E-state index contributed by atoms with van der Waals surface area (Å²) >= 11 is 0. The summed E-state index contributed by atoms with van der Waals surface area (Å²) < 4.78 is 6.43. The Morgan fingerprint density at radius 1 is 1.50 bits per heavy atom. The van der Waals surface area contributed by atoms with Gasteiger partial charge < -0.3 is 15.8 Å². The number of alkyl carbamates (subject to hydrolysis) is 1. The van der Waals surface area contributed by atoms with Gasteiger partial charge in [-0.1, -0.05) is 5.21 Å². The molecule has 0 aromatic carbocycles. The molecule has 1 aromatic rings. The van der Waals surface area contributed by atoms with Crippen molar-refractivity contribution < 1.29 is 14.3 Å². The van der Waals surface area contributed by atoms with Crippen LogP contribution in [-0.4, -0.2) is 38.6 Å². The van der Waals surface area contributed by atoms with E-state index in [9.17, 15) is 9.59 Å². The average Bonchev–Trinajstić information content (AvgIpc) is 2.66. The zero-order chi connectivity index (χ0) is 13.8. The Labute approximate surface area is 104 Å². The molecule has 2 amide bonds. The Balaban J connectivity index is 2.58. The van der Waals surface area contributed by atoms with Gasteiger partial charge in [0.1, 0.15) is 11.6 Å². The summed E-state index contributed by atoms with van der Waals surface area (Å²) in [6.45, 7) is 5.28. The molecule has 1 atom stereocenters. The van der Waals surface area contributed by atoms with Crippen LogP contribution in [0, 0.1) is 0 Å². The highest BCUT2D eigenvalue weighted by Gasteiger charge is 2.23. The van der Waals surface area contributed by atoms with Crippen LogP contribution in [0.1, 0.15) is 20.8 Å². The molecule has 1 rings (SSSR count). The summed E-state index contributed by atoms with van der Waals surface area (Å²) in [4.78, 5) is 22.7. The van der Waals surface area contributed by atoms with Crippen LogP contribution in [0.25, 0.3) is 0 Å². The van der Waals surface area contributed by atoms with E-state index in [4.69, 9.17) is 10.5 Å². The lowest BCUT2D eigenvalue weighted by molar-refractivity contribution is -0.120. The van der Waals surface area contributed by atoms with Crippen LogP contribution >= 0.6 is 0 Å². The minimum absolute atomic E-state index is 0.106. The molecule has 100 valence electrons. The van der Waals surface area contributed by atoms with E-state index in [-0.39, 0.29) is 6.54 Å². The van der Waals surface area contributed by atoms with E-state index in [0.717, 1.165) is 0 Å². The maximum absolute atomic E-state index is 11.5. The summed E-state index contributed by atoms with van der Waals surface area (Å²) in [6.07, 6.45) is 2.32. The molecule has 8 heteroatoms. The van der Waals surface area contributed by atoms with Crippen molar-refractivity contribution in [1.82, 2.24) is 20.3 Å². The average molecular weight is 255 g/mol. The molecule has 0 saturated heterocycles. The number of nitrogens with zero attached hydrogens (tertiary/aromatic N) is 3. The molecular formula is C10H17N5O3. The molecule has 0 aliphatic heterocycles. The summed E-state index contributed by atoms with van der Waals surface area (Å²) in [7, 11) is 0. The van der Waals surface area contributed by atoms with E-state index in [1.807, 2.05) is 0 Å². The number of carbonyl (C=O) groups excluding carboxylic acids is 2. The van der Waals surface area contributed by atoms with E-state index in [2.05, 4.69) is 15.6 Å². The molecule has 18 heavy (non-hydrogen) atoms. The number of hydrogen-bond acceptors (Lipinski definition) is 5. The maximum atomic E-state index is 11.5. The molecule has 1 aromatic heterocycles. The van der Waals surface area contributed by atoms with Gasteiger partial charge in [-0.15, -0.1) is 5.10 Å². The number of amides is 2. The molecule has 1 heterocycles. The highest BCUT2D eigenvalue weighted by Crippen LogP contribution is 2.06. The first-order valence-corrected chi connectivity index (χ1v) is 5.41. The van der Waals surface area contributed by atoms with Gasteiger partial charge in [-0.25, -0.2) is 9.48 Å². The number of nitrogens with two attached hydrogens (primary N) is 1. The van der Waals surface area contributed by atoms with Crippen molar-refractivity contribution in [2.24, 2.45) is 5.73 Å². The summed E-state index contributed by atoms with van der Waals surface area (Å²) in [5.74, 6) is -0.670. The lowest BCUT2D eigenvalue weighted by Gasteiger charge is -2.22. The standard InChI is InChI=1S/C10H17N5O3/c1-10(2,3)18-9(17)13-7(8(11)16)6-15-5-4-12-14-15/h4-5,7H,6H2,1-3H3,(H2,11,16)(H,13,17). The first kappa shape index (κ1) is 13.9. The predicted octanol–water partition coefficient (Wildman–Crippen LogP) is -0.343. The quantitative estimate of drug-likeness (QED) is 0.764. The molecule has 0 aliphatic rings. The second-order valence-electron chi connectivity index (χ2n) is 4.73. The first-order valence-electron chi connectivity index (χ1n) is 5.41. The van der Waals surface area contributed by atoms with E-state index >= 15 is 0 Å². The molecule has 0 spiro atoms. The Hall–Kier alpha value is -2.12. The van der Waals surface area contributed by atoms with E-state index in [1.165, 1.54) is 10.9 Å². The van der Waals surface area contributed by atoms with Crippen LogP contribution in [-0.2, 0) is 16.1 Å². The topological polar surface area (TPSA) is 112 Å². The number of hydrogen-bond donors (Lipinski definition) is 2. The second kappa shape index (κ2) is 5.48. The molecule has 3 N–H and O–H groups in total. The minimum Gasteiger partial charge on any atom is -0.444 e. The van der Waals surface area contributed by atoms with E-state index < -0.39 is 23.6 Å². The highest BCUT2D eigenvalue weighted by atomic mass is 16.6. The Bertz CT molecular complexity index is 410. The van der Waals surface area contributed by atoms with Crippen molar-refractivity contribution in [3.8, 4) is 0 Å². The van der Waals surface area contributed by atoms with Crippen molar-refractivity contribution in [1.29, 1.82) is 0 Å². The van der Waals surface area contributed by atoms with E-state index in [0.29, 0.717) is 0 Å². The van der Waals surface area contributed by atoms with Crippen molar-refractivity contribution in [3.63, 3.8) is 0 Å². The van der Waals surface area contributed by atoms with Crippen molar-refractivity contribution >= 4 is 12.0 Å². The minimum atomic E-state index is -0.901. The van der Waals surface area contributed by atoms with Gasteiger partial charge in [0.25, 0.3) is 0 Å². The van der Waals surface area contributed by atoms with Gasteiger partial charge in [-0.05, 0) is 20.8 Å². The zero-order valence-electron chi connectivity index (χ0n) is 10.6. The lowest BCUT2D eigenvalue weighted by atomic mass is 10.2. The van der Waals surface area contributed by atoms with Gasteiger partial charge in [0.05, 0.1) is 12.7 Å². The van der Waals surface area contributed by atoms with Crippen LogP contribution in [0.4, 0.5) is 4.79 Å². The smallest absolute Gasteiger partial charge is 0.408 e. The molecule has 8 nitrogen and oxygen atoms in total. The van der Waals surface area contributed by atoms with Crippen LogP contribution in [0.15, 0.2) is 12.4 Å². The summed E-state index contributed by atoms with van der Waals surface area (Å²) in [5.41, 5.74) is 4.56. The predicted molar refractivity (Wildman–Crippen MR) is 62.4 cm³/mol. The largest absolute Gasteiger partial charge is 0.444 e. The molecule has 0 radical (unpaired) electrons. The van der Waals surface area contributed by atoms with Gasteiger partial charge in [0.2, 0.25) is 5.91 Å². The normalized spacial score (nSPS) is 12.8. The number of rotatable bonds is 4. The van der Waals surface area contributed by atoms with Crippen LogP contribution in [0.2, 0.25) is 0 Å². The Morgan fingerprint density at radius 3 is 2.61 bits per heavy atom. The number of ether oxygens (including phenoxy) is 1. The fourth-order valence-corrected chi connectivity index (χ4v) is 1.17. The molecule has 0 aliphatic carbocycles.